The third-order valence-electron chi connectivity index (χ3n) is 3.60. The standard InChI is InChI=1S/C10H20N2/c1-3-10(4-5-10)12-7-6-11-8-9(12)2/h9,11H,3-8H2,1-2H3. The summed E-state index contributed by atoms with van der Waals surface area (Å²) in [5, 5.41) is 3.45. The smallest absolute Gasteiger partial charge is 0.0212 e. The average molecular weight is 168 g/mol. The van der Waals surface area contributed by atoms with Crippen LogP contribution in [-0.4, -0.2) is 36.1 Å². The highest BCUT2D eigenvalue weighted by molar-refractivity contribution is 5.05. The Labute approximate surface area is 75.3 Å². The van der Waals surface area contributed by atoms with Crippen molar-refractivity contribution in [3.05, 3.63) is 0 Å². The van der Waals surface area contributed by atoms with E-state index in [1.54, 1.807) is 0 Å². The lowest BCUT2D eigenvalue weighted by Gasteiger charge is -2.40. The van der Waals surface area contributed by atoms with Crippen molar-refractivity contribution in [1.29, 1.82) is 0 Å². The van der Waals surface area contributed by atoms with Crippen LogP contribution in [0.3, 0.4) is 0 Å². The van der Waals surface area contributed by atoms with E-state index in [4.69, 9.17) is 0 Å². The molecule has 70 valence electrons. The Kier molecular flexibility index (Phi) is 2.13. The van der Waals surface area contributed by atoms with E-state index in [1.165, 1.54) is 38.9 Å². The first-order valence-corrected chi connectivity index (χ1v) is 5.26. The fourth-order valence-corrected chi connectivity index (χ4v) is 2.53. The number of nitrogens with one attached hydrogen (secondary N) is 1. The number of piperazine rings is 1. The van der Waals surface area contributed by atoms with Gasteiger partial charge in [0.15, 0.2) is 0 Å². The van der Waals surface area contributed by atoms with Crippen molar-refractivity contribution in [1.82, 2.24) is 10.2 Å². The summed E-state index contributed by atoms with van der Waals surface area (Å²) in [5.74, 6) is 0. The minimum Gasteiger partial charge on any atom is -0.314 e. The van der Waals surface area contributed by atoms with Gasteiger partial charge in [-0.05, 0) is 26.2 Å². The van der Waals surface area contributed by atoms with Crippen LogP contribution < -0.4 is 5.32 Å². The normalized spacial score (nSPS) is 35.0. The van der Waals surface area contributed by atoms with Gasteiger partial charge in [-0.15, -0.1) is 0 Å². The molecule has 1 heterocycles. The Hall–Kier alpha value is -0.0800. The summed E-state index contributed by atoms with van der Waals surface area (Å²) in [4.78, 5) is 2.73. The Morgan fingerprint density at radius 2 is 2.25 bits per heavy atom. The van der Waals surface area contributed by atoms with Gasteiger partial charge in [0.05, 0.1) is 0 Å². The zero-order chi connectivity index (χ0) is 8.60. The first kappa shape index (κ1) is 8.52. The van der Waals surface area contributed by atoms with Crippen LogP contribution >= 0.6 is 0 Å². The van der Waals surface area contributed by atoms with E-state index in [2.05, 4.69) is 24.1 Å². The molecule has 2 heteroatoms. The first-order valence-electron chi connectivity index (χ1n) is 5.26. The molecule has 1 saturated carbocycles. The number of nitrogens with zero attached hydrogens (tertiary/aromatic N) is 1. The summed E-state index contributed by atoms with van der Waals surface area (Å²) < 4.78 is 0. The molecule has 2 nitrogen and oxygen atoms in total. The van der Waals surface area contributed by atoms with Gasteiger partial charge in [-0.3, -0.25) is 4.90 Å². The van der Waals surface area contributed by atoms with Crippen LogP contribution in [0.25, 0.3) is 0 Å². The molecule has 2 aliphatic rings. The molecule has 0 aromatic carbocycles. The van der Waals surface area contributed by atoms with Crippen LogP contribution in [0.1, 0.15) is 33.1 Å². The molecule has 0 bridgehead atoms. The molecule has 1 aliphatic heterocycles. The van der Waals surface area contributed by atoms with Crippen molar-refractivity contribution < 1.29 is 0 Å². The van der Waals surface area contributed by atoms with E-state index >= 15 is 0 Å². The van der Waals surface area contributed by atoms with E-state index in [1.807, 2.05) is 0 Å². The van der Waals surface area contributed by atoms with E-state index in [0.717, 1.165) is 6.04 Å². The third-order valence-corrected chi connectivity index (χ3v) is 3.60. The number of hydrogen-bond acceptors (Lipinski definition) is 2. The molecule has 1 aliphatic carbocycles. The second-order valence-corrected chi connectivity index (χ2v) is 4.32. The van der Waals surface area contributed by atoms with Gasteiger partial charge >= 0.3 is 0 Å². The summed E-state index contributed by atoms with van der Waals surface area (Å²) in [7, 11) is 0. The molecule has 0 spiro atoms. The third kappa shape index (κ3) is 1.27. The highest BCUT2D eigenvalue weighted by Gasteiger charge is 2.47. The molecule has 1 N–H and O–H groups in total. The van der Waals surface area contributed by atoms with Gasteiger partial charge in [0.2, 0.25) is 0 Å². The van der Waals surface area contributed by atoms with Gasteiger partial charge < -0.3 is 5.32 Å². The molecule has 1 saturated heterocycles. The maximum atomic E-state index is 3.45. The second-order valence-electron chi connectivity index (χ2n) is 4.32. The zero-order valence-electron chi connectivity index (χ0n) is 8.27. The molecular formula is C10H20N2. The maximum Gasteiger partial charge on any atom is 0.0212 e. The summed E-state index contributed by atoms with van der Waals surface area (Å²) in [6, 6.07) is 0.751. The van der Waals surface area contributed by atoms with Gasteiger partial charge in [-0.1, -0.05) is 6.92 Å². The van der Waals surface area contributed by atoms with Gasteiger partial charge in [-0.25, -0.2) is 0 Å². The molecule has 1 atom stereocenters. The molecular weight excluding hydrogens is 148 g/mol. The SMILES string of the molecule is CCC1(N2CCNCC2C)CC1. The van der Waals surface area contributed by atoms with E-state index in [0.29, 0.717) is 5.54 Å². The van der Waals surface area contributed by atoms with Crippen molar-refractivity contribution >= 4 is 0 Å². The van der Waals surface area contributed by atoms with Crippen LogP contribution in [0, 0.1) is 0 Å². The molecule has 0 radical (unpaired) electrons. The fourth-order valence-electron chi connectivity index (χ4n) is 2.53. The molecule has 2 fully saturated rings. The highest BCUT2D eigenvalue weighted by atomic mass is 15.3. The molecule has 0 amide bonds. The van der Waals surface area contributed by atoms with Crippen LogP contribution in [0.15, 0.2) is 0 Å². The van der Waals surface area contributed by atoms with Gasteiger partial charge in [0.1, 0.15) is 0 Å². The van der Waals surface area contributed by atoms with Gasteiger partial charge in [0.25, 0.3) is 0 Å². The number of rotatable bonds is 2. The Morgan fingerprint density at radius 1 is 1.50 bits per heavy atom. The quantitative estimate of drug-likeness (QED) is 0.667. The van der Waals surface area contributed by atoms with Crippen molar-refractivity contribution in [2.45, 2.75) is 44.7 Å². The Morgan fingerprint density at radius 3 is 2.75 bits per heavy atom. The number of hydrogen-bond donors (Lipinski definition) is 1. The van der Waals surface area contributed by atoms with Crippen LogP contribution in [-0.2, 0) is 0 Å². The summed E-state index contributed by atoms with van der Waals surface area (Å²) >= 11 is 0. The summed E-state index contributed by atoms with van der Waals surface area (Å²) in [6.45, 7) is 8.31. The zero-order valence-corrected chi connectivity index (χ0v) is 8.27. The average Bonchev–Trinajstić information content (AvgIpc) is 2.86. The predicted octanol–water partition coefficient (Wildman–Crippen LogP) is 1.22. The van der Waals surface area contributed by atoms with Gasteiger partial charge in [0, 0.05) is 31.2 Å². The van der Waals surface area contributed by atoms with E-state index in [-0.39, 0.29) is 0 Å². The van der Waals surface area contributed by atoms with Crippen molar-refractivity contribution in [2.24, 2.45) is 0 Å². The molecule has 0 aromatic rings. The van der Waals surface area contributed by atoms with Crippen molar-refractivity contribution in [3.8, 4) is 0 Å². The fraction of sp³-hybridized carbons (Fsp3) is 1.00. The lowest BCUT2D eigenvalue weighted by Crippen LogP contribution is -2.54. The van der Waals surface area contributed by atoms with Gasteiger partial charge in [-0.2, -0.15) is 0 Å². The van der Waals surface area contributed by atoms with E-state index < -0.39 is 0 Å². The summed E-state index contributed by atoms with van der Waals surface area (Å²) in [6.07, 6.45) is 4.22. The Bertz CT molecular complexity index is 163. The molecule has 12 heavy (non-hydrogen) atoms. The van der Waals surface area contributed by atoms with Crippen molar-refractivity contribution in [2.75, 3.05) is 19.6 Å². The predicted molar refractivity (Wildman–Crippen MR) is 51.3 cm³/mol. The van der Waals surface area contributed by atoms with Crippen LogP contribution in [0.4, 0.5) is 0 Å². The molecule has 1 unspecified atom stereocenters. The second kappa shape index (κ2) is 3.00. The molecule has 2 rings (SSSR count). The lowest BCUT2D eigenvalue weighted by molar-refractivity contribution is 0.0973. The monoisotopic (exact) mass is 168 g/mol. The van der Waals surface area contributed by atoms with Crippen LogP contribution in [0.5, 0.6) is 0 Å². The topological polar surface area (TPSA) is 15.3 Å². The summed E-state index contributed by atoms with van der Waals surface area (Å²) in [5.41, 5.74) is 0.627. The lowest BCUT2D eigenvalue weighted by atomic mass is 10.1. The highest BCUT2D eigenvalue weighted by Crippen LogP contribution is 2.45. The van der Waals surface area contributed by atoms with Crippen molar-refractivity contribution in [3.63, 3.8) is 0 Å². The minimum absolute atomic E-state index is 0.627. The minimum atomic E-state index is 0.627. The first-order chi connectivity index (χ1) is 5.78. The maximum absolute atomic E-state index is 3.45. The van der Waals surface area contributed by atoms with Crippen LogP contribution in [0.2, 0.25) is 0 Å². The Balaban J connectivity index is 2.01. The largest absolute Gasteiger partial charge is 0.314 e. The molecule has 0 aromatic heterocycles. The van der Waals surface area contributed by atoms with E-state index in [9.17, 15) is 0 Å².